The third kappa shape index (κ3) is 5.70. The maximum Gasteiger partial charge on any atom is 0.339 e. The summed E-state index contributed by atoms with van der Waals surface area (Å²) >= 11 is 0. The zero-order valence-corrected chi connectivity index (χ0v) is 10.1. The van der Waals surface area contributed by atoms with Gasteiger partial charge >= 0.3 is 5.97 Å². The lowest BCUT2D eigenvalue weighted by Crippen LogP contribution is -2.19. The smallest absolute Gasteiger partial charge is 0.339 e. The second kappa shape index (κ2) is 8.32. The van der Waals surface area contributed by atoms with Gasteiger partial charge in [0.15, 0.2) is 0 Å². The molecule has 98 valence electrons. The maximum absolute atomic E-state index is 11.4. The zero-order valence-electron chi connectivity index (χ0n) is 10.1. The zero-order chi connectivity index (χ0) is 13.3. The van der Waals surface area contributed by atoms with Crippen LogP contribution in [0.4, 0.5) is 0 Å². The molecule has 6 heteroatoms. The lowest BCUT2D eigenvalue weighted by atomic mass is 10.3. The lowest BCUT2D eigenvalue weighted by Gasteiger charge is -2.18. The Morgan fingerprint density at radius 2 is 1.53 bits per heavy atom. The standard InChI is InChI=1S/C11H18O6/c1-4-15-9(12)7-8(10(13)16-5-2)11(14)17-6-3/h7,12-13H,4-6H2,1-3H3/p-2/b9-7+,10-8-. The van der Waals surface area contributed by atoms with E-state index in [1.165, 1.54) is 0 Å². The summed E-state index contributed by atoms with van der Waals surface area (Å²) < 4.78 is 13.9. The van der Waals surface area contributed by atoms with Gasteiger partial charge in [-0.15, -0.1) is 0 Å². The highest BCUT2D eigenvalue weighted by molar-refractivity contribution is 5.91. The average Bonchev–Trinajstić information content (AvgIpc) is 2.26. The van der Waals surface area contributed by atoms with Gasteiger partial charge in [-0.25, -0.2) is 4.79 Å². The fourth-order valence-electron chi connectivity index (χ4n) is 0.921. The first-order valence-corrected chi connectivity index (χ1v) is 5.29. The molecule has 0 N–H and O–H groups in total. The van der Waals surface area contributed by atoms with E-state index in [0.717, 1.165) is 6.08 Å². The minimum atomic E-state index is -0.904. The second-order valence-corrected chi connectivity index (χ2v) is 2.75. The van der Waals surface area contributed by atoms with Gasteiger partial charge in [0.2, 0.25) is 0 Å². The van der Waals surface area contributed by atoms with Crippen LogP contribution < -0.4 is 10.2 Å². The number of rotatable bonds is 7. The molecule has 0 heterocycles. The van der Waals surface area contributed by atoms with Crippen molar-refractivity contribution in [1.82, 2.24) is 0 Å². The number of ether oxygens (including phenoxy) is 3. The molecule has 0 aliphatic heterocycles. The van der Waals surface area contributed by atoms with Crippen molar-refractivity contribution in [2.75, 3.05) is 19.8 Å². The molecule has 0 aliphatic carbocycles. The Kier molecular flexibility index (Phi) is 7.41. The monoisotopic (exact) mass is 244 g/mol. The van der Waals surface area contributed by atoms with E-state index < -0.39 is 23.4 Å². The minimum Gasteiger partial charge on any atom is -0.614 e. The summed E-state index contributed by atoms with van der Waals surface area (Å²) in [7, 11) is 0. The largest absolute Gasteiger partial charge is 0.614 e. The van der Waals surface area contributed by atoms with Crippen molar-refractivity contribution in [1.29, 1.82) is 0 Å². The lowest BCUT2D eigenvalue weighted by molar-refractivity contribution is -0.361. The summed E-state index contributed by atoms with van der Waals surface area (Å²) in [5, 5.41) is 22.6. The van der Waals surface area contributed by atoms with Crippen molar-refractivity contribution >= 4 is 5.97 Å². The molecule has 0 spiro atoms. The highest BCUT2D eigenvalue weighted by Crippen LogP contribution is 2.08. The van der Waals surface area contributed by atoms with E-state index in [-0.39, 0.29) is 19.8 Å². The van der Waals surface area contributed by atoms with Crippen LogP contribution in [0.3, 0.4) is 0 Å². The molecular formula is C11H16O6-2. The van der Waals surface area contributed by atoms with Crippen molar-refractivity contribution in [3.8, 4) is 0 Å². The molecule has 0 atom stereocenters. The maximum atomic E-state index is 11.4. The van der Waals surface area contributed by atoms with Gasteiger partial charge in [0.05, 0.1) is 24.1 Å². The van der Waals surface area contributed by atoms with Crippen LogP contribution in [0, 0.1) is 0 Å². The molecule has 0 saturated carbocycles. The number of esters is 1. The van der Waals surface area contributed by atoms with Gasteiger partial charge in [-0.2, -0.15) is 0 Å². The first-order valence-electron chi connectivity index (χ1n) is 5.29. The first kappa shape index (κ1) is 15.2. The Balaban J connectivity index is 5.04. The van der Waals surface area contributed by atoms with Crippen LogP contribution in [-0.4, -0.2) is 25.8 Å². The highest BCUT2D eigenvalue weighted by atomic mass is 16.6. The Labute approximate surface area is 100 Å². The van der Waals surface area contributed by atoms with Crippen LogP contribution in [0.5, 0.6) is 0 Å². The molecule has 0 radical (unpaired) electrons. The molecule has 17 heavy (non-hydrogen) atoms. The normalized spacial score (nSPS) is 12.8. The van der Waals surface area contributed by atoms with E-state index in [0.29, 0.717) is 0 Å². The predicted molar refractivity (Wildman–Crippen MR) is 55.0 cm³/mol. The number of carbonyl (C=O) groups excluding carboxylic acids is 1. The summed E-state index contributed by atoms with van der Waals surface area (Å²) in [4.78, 5) is 11.4. The molecular weight excluding hydrogens is 228 g/mol. The molecule has 0 unspecified atom stereocenters. The van der Waals surface area contributed by atoms with E-state index in [2.05, 4.69) is 14.2 Å². The quantitative estimate of drug-likeness (QED) is 0.257. The van der Waals surface area contributed by atoms with Crippen LogP contribution in [0.15, 0.2) is 23.5 Å². The van der Waals surface area contributed by atoms with E-state index in [1.807, 2.05) is 0 Å². The Bertz CT molecular complexity index is 305. The van der Waals surface area contributed by atoms with Gasteiger partial charge in [0, 0.05) is 0 Å². The van der Waals surface area contributed by atoms with Gasteiger partial charge in [0.25, 0.3) is 0 Å². The van der Waals surface area contributed by atoms with Gasteiger partial charge in [0.1, 0.15) is 0 Å². The summed E-state index contributed by atoms with van der Waals surface area (Å²) in [5.74, 6) is -2.60. The van der Waals surface area contributed by atoms with Gasteiger partial charge in [-0.3, -0.25) is 0 Å². The van der Waals surface area contributed by atoms with E-state index in [1.54, 1.807) is 20.8 Å². The minimum absolute atomic E-state index is 0.0956. The topological polar surface area (TPSA) is 90.9 Å². The van der Waals surface area contributed by atoms with Gasteiger partial charge in [-0.05, 0) is 26.2 Å². The van der Waals surface area contributed by atoms with Gasteiger partial charge in [-0.1, -0.05) is 13.8 Å². The molecule has 0 fully saturated rings. The van der Waals surface area contributed by atoms with Crippen molar-refractivity contribution in [3.05, 3.63) is 23.5 Å². The first-order chi connectivity index (χ1) is 8.06. The molecule has 0 aromatic heterocycles. The molecule has 0 saturated heterocycles. The molecule has 0 aromatic rings. The fraction of sp³-hybridized carbons (Fsp3) is 0.545. The molecule has 0 aromatic carbocycles. The van der Waals surface area contributed by atoms with Crippen molar-refractivity contribution < 1.29 is 29.2 Å². The highest BCUT2D eigenvalue weighted by Gasteiger charge is 2.10. The van der Waals surface area contributed by atoms with Crippen LogP contribution in [-0.2, 0) is 19.0 Å². The number of hydrogen-bond acceptors (Lipinski definition) is 6. The molecule has 0 aliphatic rings. The van der Waals surface area contributed by atoms with E-state index in [9.17, 15) is 15.0 Å². The molecule has 0 bridgehead atoms. The number of carbonyl (C=O) groups is 1. The Morgan fingerprint density at radius 3 is 2.00 bits per heavy atom. The van der Waals surface area contributed by atoms with Crippen LogP contribution in [0.2, 0.25) is 0 Å². The Hall–Kier alpha value is -1.85. The van der Waals surface area contributed by atoms with Crippen molar-refractivity contribution in [3.63, 3.8) is 0 Å². The Morgan fingerprint density at radius 1 is 1.00 bits per heavy atom. The van der Waals surface area contributed by atoms with E-state index in [4.69, 9.17) is 0 Å². The van der Waals surface area contributed by atoms with Crippen LogP contribution >= 0.6 is 0 Å². The summed E-state index contributed by atoms with van der Waals surface area (Å²) in [6.07, 6.45) is 0.777. The van der Waals surface area contributed by atoms with Gasteiger partial charge < -0.3 is 24.4 Å². The molecule has 0 amide bonds. The SMILES string of the molecule is CCOC(=O)C(/C=C(\[O-])OCC)=C(/[O-])OCC. The molecule has 6 nitrogen and oxygen atoms in total. The third-order valence-corrected chi connectivity index (χ3v) is 1.54. The van der Waals surface area contributed by atoms with Crippen LogP contribution in [0.25, 0.3) is 0 Å². The summed E-state index contributed by atoms with van der Waals surface area (Å²) in [6.45, 7) is 5.13. The summed E-state index contributed by atoms with van der Waals surface area (Å²) in [6, 6.07) is 0. The summed E-state index contributed by atoms with van der Waals surface area (Å²) in [5.41, 5.74) is -0.466. The van der Waals surface area contributed by atoms with Crippen molar-refractivity contribution in [2.24, 2.45) is 0 Å². The third-order valence-electron chi connectivity index (χ3n) is 1.54. The predicted octanol–water partition coefficient (Wildman–Crippen LogP) is -0.604. The van der Waals surface area contributed by atoms with Crippen molar-refractivity contribution in [2.45, 2.75) is 20.8 Å². The average molecular weight is 244 g/mol. The van der Waals surface area contributed by atoms with E-state index >= 15 is 0 Å². The number of hydrogen-bond donors (Lipinski definition) is 0. The van der Waals surface area contributed by atoms with Crippen LogP contribution in [0.1, 0.15) is 20.8 Å². The fourth-order valence-corrected chi connectivity index (χ4v) is 0.921. The second-order valence-electron chi connectivity index (χ2n) is 2.75. The molecule has 0 rings (SSSR count).